The summed E-state index contributed by atoms with van der Waals surface area (Å²) in [4.78, 5) is 14.3. The molecule has 4 heteroatoms. The van der Waals surface area contributed by atoms with Crippen LogP contribution in [0.5, 0.6) is 0 Å². The van der Waals surface area contributed by atoms with Gasteiger partial charge in [0, 0.05) is 44.0 Å². The first-order valence-corrected chi connectivity index (χ1v) is 6.69. The molecular formula is C14H20N2O2. The van der Waals surface area contributed by atoms with Crippen molar-refractivity contribution in [3.05, 3.63) is 24.0 Å². The predicted molar refractivity (Wildman–Crippen MR) is 68.4 cm³/mol. The molecule has 0 bridgehead atoms. The molecule has 0 radical (unpaired) electrons. The van der Waals surface area contributed by atoms with Crippen LogP contribution in [0.25, 0.3) is 0 Å². The van der Waals surface area contributed by atoms with E-state index in [0.29, 0.717) is 18.4 Å². The molecule has 1 aromatic rings. The van der Waals surface area contributed by atoms with Crippen molar-refractivity contribution < 1.29 is 9.90 Å². The van der Waals surface area contributed by atoms with E-state index in [1.54, 1.807) is 0 Å². The zero-order chi connectivity index (χ0) is 12.7. The van der Waals surface area contributed by atoms with E-state index in [2.05, 4.69) is 4.90 Å². The number of rotatable bonds is 3. The fourth-order valence-corrected chi connectivity index (χ4v) is 3.42. The summed E-state index contributed by atoms with van der Waals surface area (Å²) in [6, 6.07) is 1.87. The Labute approximate surface area is 107 Å². The number of aryl methyl sites for hydroxylation is 1. The highest BCUT2D eigenvalue weighted by Gasteiger charge is 2.42. The molecule has 4 nitrogen and oxygen atoms in total. The number of hydrogen-bond acceptors (Lipinski definition) is 3. The molecular weight excluding hydrogens is 228 g/mol. The van der Waals surface area contributed by atoms with Crippen molar-refractivity contribution in [2.75, 3.05) is 19.6 Å². The zero-order valence-electron chi connectivity index (χ0n) is 10.7. The van der Waals surface area contributed by atoms with Crippen molar-refractivity contribution in [1.82, 2.24) is 9.47 Å². The molecule has 1 aliphatic carbocycles. The van der Waals surface area contributed by atoms with Crippen molar-refractivity contribution in [3.63, 3.8) is 0 Å². The monoisotopic (exact) mass is 248 g/mol. The maximum Gasteiger partial charge on any atom is 0.178 e. The zero-order valence-corrected chi connectivity index (χ0v) is 10.7. The highest BCUT2D eigenvalue weighted by atomic mass is 16.3. The number of Topliss-reactive ketones (excluding diaryl/α,β-unsaturated/α-hetero) is 1. The van der Waals surface area contributed by atoms with E-state index in [4.69, 9.17) is 0 Å². The van der Waals surface area contributed by atoms with Crippen LogP contribution in [0.4, 0.5) is 0 Å². The standard InChI is InChI=1S/C14H20N2O2/c1-15-5-4-11(6-15)14(18)9-16-7-10-2-3-13(17)12(10)8-16/h4-6,10,12-13,17H,2-3,7-9H2,1H3. The molecule has 2 heterocycles. The van der Waals surface area contributed by atoms with Crippen LogP contribution < -0.4 is 0 Å². The summed E-state index contributed by atoms with van der Waals surface area (Å²) in [5, 5.41) is 9.86. The minimum absolute atomic E-state index is 0.146. The molecule has 1 saturated carbocycles. The van der Waals surface area contributed by atoms with E-state index >= 15 is 0 Å². The lowest BCUT2D eigenvalue weighted by Gasteiger charge is -2.16. The van der Waals surface area contributed by atoms with E-state index in [9.17, 15) is 9.90 Å². The molecule has 18 heavy (non-hydrogen) atoms. The van der Waals surface area contributed by atoms with Crippen LogP contribution in [0.3, 0.4) is 0 Å². The summed E-state index contributed by atoms with van der Waals surface area (Å²) < 4.78 is 1.90. The third kappa shape index (κ3) is 2.10. The largest absolute Gasteiger partial charge is 0.393 e. The first kappa shape index (κ1) is 11.9. The van der Waals surface area contributed by atoms with Crippen molar-refractivity contribution in [2.45, 2.75) is 18.9 Å². The van der Waals surface area contributed by atoms with Gasteiger partial charge in [0.05, 0.1) is 12.6 Å². The minimum atomic E-state index is -0.146. The highest BCUT2D eigenvalue weighted by Crippen LogP contribution is 2.37. The number of aliphatic hydroxyl groups excluding tert-OH is 1. The van der Waals surface area contributed by atoms with Crippen LogP contribution in [0.1, 0.15) is 23.2 Å². The van der Waals surface area contributed by atoms with E-state index < -0.39 is 0 Å². The Bertz CT molecular complexity index is 454. The number of likely N-dealkylation sites (tertiary alicyclic amines) is 1. The van der Waals surface area contributed by atoms with Gasteiger partial charge in [0.15, 0.2) is 5.78 Å². The van der Waals surface area contributed by atoms with Gasteiger partial charge >= 0.3 is 0 Å². The molecule has 98 valence electrons. The molecule has 3 unspecified atom stereocenters. The molecule has 1 N–H and O–H groups in total. The number of fused-ring (bicyclic) bond motifs is 1. The maximum atomic E-state index is 12.1. The van der Waals surface area contributed by atoms with Gasteiger partial charge < -0.3 is 9.67 Å². The normalized spacial score (nSPS) is 31.8. The Balaban J connectivity index is 1.60. The van der Waals surface area contributed by atoms with Gasteiger partial charge in [-0.15, -0.1) is 0 Å². The Morgan fingerprint density at radius 2 is 2.28 bits per heavy atom. The first-order chi connectivity index (χ1) is 8.63. The predicted octanol–water partition coefficient (Wildman–Crippen LogP) is 0.910. The quantitative estimate of drug-likeness (QED) is 0.809. The fourth-order valence-electron chi connectivity index (χ4n) is 3.42. The van der Waals surface area contributed by atoms with E-state index in [-0.39, 0.29) is 11.9 Å². The topological polar surface area (TPSA) is 45.5 Å². The second kappa shape index (κ2) is 4.52. The lowest BCUT2D eigenvalue weighted by Crippen LogP contribution is -2.30. The second-order valence-electron chi connectivity index (χ2n) is 5.75. The van der Waals surface area contributed by atoms with Crippen molar-refractivity contribution in [3.8, 4) is 0 Å². The molecule has 0 spiro atoms. The summed E-state index contributed by atoms with van der Waals surface area (Å²) >= 11 is 0. The van der Waals surface area contributed by atoms with Gasteiger partial charge in [-0.3, -0.25) is 9.69 Å². The van der Waals surface area contributed by atoms with Gasteiger partial charge in [0.1, 0.15) is 0 Å². The Kier molecular flexibility index (Phi) is 2.99. The molecule has 3 rings (SSSR count). The second-order valence-corrected chi connectivity index (χ2v) is 5.75. The highest BCUT2D eigenvalue weighted by molar-refractivity contribution is 5.97. The van der Waals surface area contributed by atoms with Gasteiger partial charge in [-0.05, 0) is 24.8 Å². The van der Waals surface area contributed by atoms with E-state index in [1.165, 1.54) is 0 Å². The average Bonchev–Trinajstić information content (AvgIpc) is 2.98. The number of carbonyl (C=O) groups excluding carboxylic acids is 1. The van der Waals surface area contributed by atoms with Gasteiger partial charge in [-0.25, -0.2) is 0 Å². The summed E-state index contributed by atoms with van der Waals surface area (Å²) in [7, 11) is 1.92. The van der Waals surface area contributed by atoms with Gasteiger partial charge in [-0.1, -0.05) is 0 Å². The van der Waals surface area contributed by atoms with Crippen LogP contribution in [0, 0.1) is 11.8 Å². The molecule has 1 aliphatic heterocycles. The van der Waals surface area contributed by atoms with Crippen LogP contribution in [0.2, 0.25) is 0 Å². The summed E-state index contributed by atoms with van der Waals surface area (Å²) in [6.45, 7) is 2.34. The summed E-state index contributed by atoms with van der Waals surface area (Å²) in [5.74, 6) is 1.18. The smallest absolute Gasteiger partial charge is 0.178 e. The molecule has 0 aromatic carbocycles. The van der Waals surface area contributed by atoms with Crippen molar-refractivity contribution >= 4 is 5.78 Å². The molecule has 2 aliphatic rings. The number of nitrogens with zero attached hydrogens (tertiary/aromatic N) is 2. The van der Waals surface area contributed by atoms with Crippen molar-refractivity contribution in [1.29, 1.82) is 0 Å². The molecule has 1 saturated heterocycles. The molecule has 3 atom stereocenters. The van der Waals surface area contributed by atoms with Gasteiger partial charge in [0.25, 0.3) is 0 Å². The average molecular weight is 248 g/mol. The van der Waals surface area contributed by atoms with E-state index in [1.807, 2.05) is 30.1 Å². The Hall–Kier alpha value is -1.13. The summed E-state index contributed by atoms with van der Waals surface area (Å²) in [5.41, 5.74) is 0.787. The first-order valence-electron chi connectivity index (χ1n) is 6.69. The van der Waals surface area contributed by atoms with Crippen LogP contribution in [-0.4, -0.2) is 46.1 Å². The molecule has 0 amide bonds. The van der Waals surface area contributed by atoms with Crippen LogP contribution in [-0.2, 0) is 7.05 Å². The lowest BCUT2D eigenvalue weighted by atomic mass is 10.00. The minimum Gasteiger partial charge on any atom is -0.393 e. The Morgan fingerprint density at radius 3 is 2.94 bits per heavy atom. The maximum absolute atomic E-state index is 12.1. The number of hydrogen-bond donors (Lipinski definition) is 1. The van der Waals surface area contributed by atoms with Crippen LogP contribution in [0.15, 0.2) is 18.5 Å². The lowest BCUT2D eigenvalue weighted by molar-refractivity contribution is 0.0920. The SMILES string of the molecule is Cn1ccc(C(=O)CN2CC3CCC(O)C3C2)c1. The Morgan fingerprint density at radius 1 is 1.44 bits per heavy atom. The molecule has 2 fully saturated rings. The number of aromatic nitrogens is 1. The van der Waals surface area contributed by atoms with Crippen LogP contribution >= 0.6 is 0 Å². The van der Waals surface area contributed by atoms with Gasteiger partial charge in [-0.2, -0.15) is 0 Å². The number of ketones is 1. The number of aliphatic hydroxyl groups is 1. The van der Waals surface area contributed by atoms with Gasteiger partial charge in [0.2, 0.25) is 0 Å². The third-order valence-electron chi connectivity index (χ3n) is 4.42. The van der Waals surface area contributed by atoms with Crippen molar-refractivity contribution in [2.24, 2.45) is 18.9 Å². The summed E-state index contributed by atoms with van der Waals surface area (Å²) in [6.07, 6.45) is 5.67. The number of carbonyl (C=O) groups is 1. The third-order valence-corrected chi connectivity index (χ3v) is 4.42. The van der Waals surface area contributed by atoms with E-state index in [0.717, 1.165) is 31.5 Å². The fraction of sp³-hybridized carbons (Fsp3) is 0.643. The molecule has 1 aromatic heterocycles.